The maximum Gasteiger partial charge on any atom is 0.0547 e. The van der Waals surface area contributed by atoms with Gasteiger partial charge in [0, 0.05) is 24.1 Å². The number of rotatable bonds is 5. The molecule has 1 saturated carbocycles. The molecule has 1 aliphatic carbocycles. The average Bonchev–Trinajstić information content (AvgIpc) is 2.39. The lowest BCUT2D eigenvalue weighted by Gasteiger charge is -2.38. The van der Waals surface area contributed by atoms with Crippen molar-refractivity contribution in [3.8, 4) is 0 Å². The van der Waals surface area contributed by atoms with Crippen molar-refractivity contribution in [3.63, 3.8) is 0 Å². The van der Waals surface area contributed by atoms with Gasteiger partial charge in [-0.2, -0.15) is 0 Å². The van der Waals surface area contributed by atoms with Crippen LogP contribution in [0.1, 0.15) is 43.5 Å². The Morgan fingerprint density at radius 1 is 1.26 bits per heavy atom. The van der Waals surface area contributed by atoms with Crippen molar-refractivity contribution in [2.75, 3.05) is 18.9 Å². The van der Waals surface area contributed by atoms with Gasteiger partial charge in [-0.25, -0.2) is 0 Å². The van der Waals surface area contributed by atoms with Crippen LogP contribution in [-0.4, -0.2) is 28.8 Å². The molecular formula is C16H25BrN2. The van der Waals surface area contributed by atoms with Gasteiger partial charge in [-0.15, -0.1) is 0 Å². The molecular weight excluding hydrogens is 300 g/mol. The maximum absolute atomic E-state index is 4.60. The van der Waals surface area contributed by atoms with Gasteiger partial charge < -0.3 is 0 Å². The number of halogens is 1. The molecule has 1 fully saturated rings. The zero-order valence-electron chi connectivity index (χ0n) is 12.2. The zero-order valence-corrected chi connectivity index (χ0v) is 13.7. The molecule has 1 aliphatic rings. The van der Waals surface area contributed by atoms with Crippen LogP contribution in [0.5, 0.6) is 0 Å². The van der Waals surface area contributed by atoms with E-state index in [9.17, 15) is 0 Å². The monoisotopic (exact) mass is 324 g/mol. The fourth-order valence-corrected chi connectivity index (χ4v) is 3.97. The number of nitrogens with zero attached hydrogens (tertiary/aromatic N) is 2. The first-order valence-corrected chi connectivity index (χ1v) is 8.43. The lowest BCUT2D eigenvalue weighted by atomic mass is 9.75. The Bertz CT molecular complexity index is 399. The van der Waals surface area contributed by atoms with E-state index in [0.29, 0.717) is 5.41 Å². The minimum Gasteiger partial charge on any atom is -0.300 e. The molecule has 0 N–H and O–H groups in total. The first kappa shape index (κ1) is 15.0. The molecule has 0 saturated heterocycles. The summed E-state index contributed by atoms with van der Waals surface area (Å²) in [4.78, 5) is 7.04. The van der Waals surface area contributed by atoms with E-state index >= 15 is 0 Å². The summed E-state index contributed by atoms with van der Waals surface area (Å²) < 4.78 is 0. The van der Waals surface area contributed by atoms with Crippen molar-refractivity contribution in [2.45, 2.75) is 45.6 Å². The summed E-state index contributed by atoms with van der Waals surface area (Å²) in [5.41, 5.74) is 2.78. The van der Waals surface area contributed by atoms with Crippen molar-refractivity contribution in [1.82, 2.24) is 9.88 Å². The van der Waals surface area contributed by atoms with E-state index in [0.717, 1.165) is 17.6 Å². The Morgan fingerprint density at radius 2 is 2.00 bits per heavy atom. The smallest absolute Gasteiger partial charge is 0.0547 e. The van der Waals surface area contributed by atoms with Crippen LogP contribution in [0.25, 0.3) is 0 Å². The van der Waals surface area contributed by atoms with E-state index in [4.69, 9.17) is 0 Å². The molecule has 1 aromatic rings. The van der Waals surface area contributed by atoms with Gasteiger partial charge in [-0.3, -0.25) is 9.88 Å². The topological polar surface area (TPSA) is 16.1 Å². The van der Waals surface area contributed by atoms with E-state index < -0.39 is 0 Å². The predicted molar refractivity (Wildman–Crippen MR) is 84.6 cm³/mol. The number of aryl methyl sites for hydroxylation is 1. The van der Waals surface area contributed by atoms with Gasteiger partial charge in [0.1, 0.15) is 0 Å². The van der Waals surface area contributed by atoms with Crippen molar-refractivity contribution >= 4 is 15.9 Å². The quantitative estimate of drug-likeness (QED) is 0.756. The number of hydrogen-bond donors (Lipinski definition) is 0. The fourth-order valence-electron chi connectivity index (χ4n) is 3.23. The summed E-state index contributed by atoms with van der Waals surface area (Å²) in [7, 11) is 2.23. The normalized spacial score (nSPS) is 18.7. The van der Waals surface area contributed by atoms with Gasteiger partial charge in [-0.05, 0) is 44.4 Å². The third kappa shape index (κ3) is 4.28. The Kier molecular flexibility index (Phi) is 5.40. The third-order valence-corrected chi connectivity index (χ3v) is 5.37. The molecule has 0 spiro atoms. The lowest BCUT2D eigenvalue weighted by Crippen LogP contribution is -2.38. The molecule has 0 atom stereocenters. The van der Waals surface area contributed by atoms with Crippen molar-refractivity contribution in [2.24, 2.45) is 5.41 Å². The summed E-state index contributed by atoms with van der Waals surface area (Å²) in [6, 6.07) is 6.29. The molecule has 19 heavy (non-hydrogen) atoms. The van der Waals surface area contributed by atoms with Crippen LogP contribution in [0.4, 0.5) is 0 Å². The van der Waals surface area contributed by atoms with Crippen LogP contribution in [-0.2, 0) is 6.54 Å². The Hall–Kier alpha value is -0.410. The highest BCUT2D eigenvalue weighted by atomic mass is 79.9. The maximum atomic E-state index is 4.60. The number of hydrogen-bond acceptors (Lipinski definition) is 2. The molecule has 2 rings (SSSR count). The van der Waals surface area contributed by atoms with E-state index in [2.05, 4.69) is 58.0 Å². The van der Waals surface area contributed by atoms with E-state index in [1.807, 2.05) is 0 Å². The summed E-state index contributed by atoms with van der Waals surface area (Å²) in [5.74, 6) is 0. The zero-order chi connectivity index (χ0) is 13.7. The summed E-state index contributed by atoms with van der Waals surface area (Å²) in [6.45, 7) is 4.19. The van der Waals surface area contributed by atoms with E-state index in [1.54, 1.807) is 0 Å². The van der Waals surface area contributed by atoms with E-state index in [1.165, 1.54) is 44.3 Å². The SMILES string of the molecule is Cc1cccc(CN(C)CC2(CBr)CCCCC2)n1. The lowest BCUT2D eigenvalue weighted by molar-refractivity contribution is 0.140. The predicted octanol–water partition coefficient (Wildman–Crippen LogP) is 4.17. The highest BCUT2D eigenvalue weighted by Gasteiger charge is 2.32. The van der Waals surface area contributed by atoms with Crippen LogP contribution in [0, 0.1) is 12.3 Å². The van der Waals surface area contributed by atoms with Crippen LogP contribution < -0.4 is 0 Å². The minimum absolute atomic E-state index is 0.483. The molecule has 0 unspecified atom stereocenters. The second-order valence-electron chi connectivity index (χ2n) is 6.14. The molecule has 0 aromatic carbocycles. The molecule has 0 aliphatic heterocycles. The minimum atomic E-state index is 0.483. The number of aromatic nitrogens is 1. The van der Waals surface area contributed by atoms with Gasteiger partial charge in [0.25, 0.3) is 0 Å². The molecule has 0 bridgehead atoms. The second kappa shape index (κ2) is 6.85. The molecule has 1 heterocycles. The molecule has 0 radical (unpaired) electrons. The van der Waals surface area contributed by atoms with Crippen molar-refractivity contribution in [3.05, 3.63) is 29.6 Å². The third-order valence-electron chi connectivity index (χ3n) is 4.18. The van der Waals surface area contributed by atoms with Gasteiger partial charge in [-0.1, -0.05) is 41.3 Å². The molecule has 3 heteroatoms. The van der Waals surface area contributed by atoms with Crippen LogP contribution in [0.15, 0.2) is 18.2 Å². The average molecular weight is 325 g/mol. The molecule has 2 nitrogen and oxygen atoms in total. The highest BCUT2D eigenvalue weighted by molar-refractivity contribution is 9.09. The van der Waals surface area contributed by atoms with Gasteiger partial charge in [0.05, 0.1) is 5.69 Å². The Balaban J connectivity index is 1.94. The first-order valence-electron chi connectivity index (χ1n) is 7.31. The van der Waals surface area contributed by atoms with Crippen LogP contribution in [0.3, 0.4) is 0 Å². The van der Waals surface area contributed by atoms with E-state index in [-0.39, 0.29) is 0 Å². The van der Waals surface area contributed by atoms with Crippen LogP contribution >= 0.6 is 15.9 Å². The van der Waals surface area contributed by atoms with Crippen molar-refractivity contribution in [1.29, 1.82) is 0 Å². The number of alkyl halides is 1. The first-order chi connectivity index (χ1) is 9.13. The molecule has 0 amide bonds. The standard InChI is InChI=1S/C16H25BrN2/c1-14-7-6-8-15(18-14)11-19(2)13-16(12-17)9-4-3-5-10-16/h6-8H,3-5,9-13H2,1-2H3. The fraction of sp³-hybridized carbons (Fsp3) is 0.688. The molecule has 1 aromatic heterocycles. The molecule has 106 valence electrons. The van der Waals surface area contributed by atoms with Gasteiger partial charge in [0.15, 0.2) is 0 Å². The largest absolute Gasteiger partial charge is 0.300 e. The van der Waals surface area contributed by atoms with Crippen molar-refractivity contribution < 1.29 is 0 Å². The Morgan fingerprint density at radius 3 is 2.63 bits per heavy atom. The summed E-state index contributed by atoms with van der Waals surface area (Å²) in [5, 5.41) is 1.13. The number of pyridine rings is 1. The second-order valence-corrected chi connectivity index (χ2v) is 6.70. The van der Waals surface area contributed by atoms with Gasteiger partial charge >= 0.3 is 0 Å². The highest BCUT2D eigenvalue weighted by Crippen LogP contribution is 2.38. The van der Waals surface area contributed by atoms with Gasteiger partial charge in [0.2, 0.25) is 0 Å². The summed E-state index contributed by atoms with van der Waals surface area (Å²) >= 11 is 3.75. The summed E-state index contributed by atoms with van der Waals surface area (Å²) in [6.07, 6.45) is 6.93. The Labute approximate surface area is 125 Å². The van der Waals surface area contributed by atoms with Crippen LogP contribution in [0.2, 0.25) is 0 Å².